The number of aromatic nitrogens is 1. The van der Waals surface area contributed by atoms with E-state index in [0.29, 0.717) is 11.7 Å². The lowest BCUT2D eigenvalue weighted by atomic mass is 10.2. The maximum absolute atomic E-state index is 7.42. The van der Waals surface area contributed by atoms with E-state index in [4.69, 9.17) is 11.1 Å². The summed E-state index contributed by atoms with van der Waals surface area (Å²) < 4.78 is 0. The zero-order chi connectivity index (χ0) is 13.1. The van der Waals surface area contributed by atoms with Crippen LogP contribution in [-0.4, -0.2) is 47.9 Å². The van der Waals surface area contributed by atoms with E-state index in [9.17, 15) is 0 Å². The average Bonchev–Trinajstić information content (AvgIpc) is 2.39. The highest BCUT2D eigenvalue weighted by Gasteiger charge is 2.19. The number of nitrogens with one attached hydrogen (secondary N) is 1. The minimum Gasteiger partial charge on any atom is -0.382 e. The standard InChI is InChI=1S/C13H21N5/c1-10(2)17-5-7-18(8-6-17)11-3-4-16-12(9-11)13(14)15/h3-4,9-10H,5-8H2,1-2H3,(H3,14,15). The molecule has 5 nitrogen and oxygen atoms in total. The summed E-state index contributed by atoms with van der Waals surface area (Å²) in [6, 6.07) is 4.49. The number of anilines is 1. The van der Waals surface area contributed by atoms with Crippen molar-refractivity contribution in [3.05, 3.63) is 24.0 Å². The van der Waals surface area contributed by atoms with Crippen LogP contribution in [0, 0.1) is 5.41 Å². The van der Waals surface area contributed by atoms with Crippen LogP contribution in [0.4, 0.5) is 5.69 Å². The molecular weight excluding hydrogens is 226 g/mol. The number of hydrogen-bond donors (Lipinski definition) is 2. The third-order valence-corrected chi connectivity index (χ3v) is 3.43. The maximum atomic E-state index is 7.42. The fraction of sp³-hybridized carbons (Fsp3) is 0.538. The Bertz CT molecular complexity index is 421. The molecule has 0 radical (unpaired) electrons. The zero-order valence-corrected chi connectivity index (χ0v) is 11.1. The zero-order valence-electron chi connectivity index (χ0n) is 11.1. The van der Waals surface area contributed by atoms with E-state index in [1.807, 2.05) is 12.1 Å². The molecule has 1 aliphatic rings. The molecular formula is C13H21N5. The summed E-state index contributed by atoms with van der Waals surface area (Å²) in [4.78, 5) is 8.89. The second-order valence-electron chi connectivity index (χ2n) is 4.93. The number of amidine groups is 1. The number of nitrogen functional groups attached to an aromatic ring is 1. The van der Waals surface area contributed by atoms with Gasteiger partial charge in [0.2, 0.25) is 0 Å². The molecule has 0 aliphatic carbocycles. The highest BCUT2D eigenvalue weighted by Crippen LogP contribution is 2.17. The Hall–Kier alpha value is -1.62. The van der Waals surface area contributed by atoms with Crippen LogP contribution in [0.5, 0.6) is 0 Å². The van der Waals surface area contributed by atoms with Crippen molar-refractivity contribution in [2.75, 3.05) is 31.1 Å². The SMILES string of the molecule is CC(C)N1CCN(c2ccnc(C(=N)N)c2)CC1. The van der Waals surface area contributed by atoms with Gasteiger partial charge < -0.3 is 10.6 Å². The van der Waals surface area contributed by atoms with Crippen molar-refractivity contribution in [3.8, 4) is 0 Å². The van der Waals surface area contributed by atoms with Crippen molar-refractivity contribution in [2.45, 2.75) is 19.9 Å². The highest BCUT2D eigenvalue weighted by atomic mass is 15.3. The van der Waals surface area contributed by atoms with Gasteiger partial charge in [0, 0.05) is 44.1 Å². The molecule has 0 aromatic carbocycles. The number of nitrogens with zero attached hydrogens (tertiary/aromatic N) is 3. The van der Waals surface area contributed by atoms with Crippen molar-refractivity contribution in [1.82, 2.24) is 9.88 Å². The summed E-state index contributed by atoms with van der Waals surface area (Å²) in [5, 5.41) is 7.42. The van der Waals surface area contributed by atoms with E-state index in [0.717, 1.165) is 31.9 Å². The van der Waals surface area contributed by atoms with Gasteiger partial charge in [-0.1, -0.05) is 0 Å². The molecule has 2 rings (SSSR count). The predicted octanol–water partition coefficient (Wildman–Crippen LogP) is 0.896. The van der Waals surface area contributed by atoms with Gasteiger partial charge in [0.25, 0.3) is 0 Å². The third kappa shape index (κ3) is 2.79. The second kappa shape index (κ2) is 5.35. The van der Waals surface area contributed by atoms with Crippen LogP contribution < -0.4 is 10.6 Å². The number of pyridine rings is 1. The summed E-state index contributed by atoms with van der Waals surface area (Å²) in [6.45, 7) is 8.65. The minimum absolute atomic E-state index is 0.0256. The maximum Gasteiger partial charge on any atom is 0.141 e. The van der Waals surface area contributed by atoms with Crippen LogP contribution >= 0.6 is 0 Å². The first-order chi connectivity index (χ1) is 8.58. The lowest BCUT2D eigenvalue weighted by molar-refractivity contribution is 0.209. The molecule has 1 saturated heterocycles. The smallest absolute Gasteiger partial charge is 0.141 e. The van der Waals surface area contributed by atoms with Crippen LogP contribution in [0.15, 0.2) is 18.3 Å². The molecule has 0 unspecified atom stereocenters. The van der Waals surface area contributed by atoms with Crippen molar-refractivity contribution in [1.29, 1.82) is 5.41 Å². The summed E-state index contributed by atoms with van der Waals surface area (Å²) in [5.74, 6) is 0.0256. The first-order valence-corrected chi connectivity index (χ1v) is 6.37. The Labute approximate surface area is 108 Å². The van der Waals surface area contributed by atoms with Crippen LogP contribution in [0.25, 0.3) is 0 Å². The summed E-state index contributed by atoms with van der Waals surface area (Å²) in [5.41, 5.74) is 7.13. The van der Waals surface area contributed by atoms with E-state index < -0.39 is 0 Å². The average molecular weight is 247 g/mol. The fourth-order valence-electron chi connectivity index (χ4n) is 2.26. The van der Waals surface area contributed by atoms with Crippen LogP contribution in [-0.2, 0) is 0 Å². The Morgan fingerprint density at radius 3 is 2.56 bits per heavy atom. The van der Waals surface area contributed by atoms with E-state index >= 15 is 0 Å². The summed E-state index contributed by atoms with van der Waals surface area (Å²) in [6.07, 6.45) is 1.72. The molecule has 0 bridgehead atoms. The largest absolute Gasteiger partial charge is 0.382 e. The Morgan fingerprint density at radius 1 is 1.33 bits per heavy atom. The van der Waals surface area contributed by atoms with E-state index in [-0.39, 0.29) is 5.84 Å². The molecule has 0 amide bonds. The minimum atomic E-state index is 0.0256. The van der Waals surface area contributed by atoms with Gasteiger partial charge in [-0.3, -0.25) is 15.3 Å². The molecule has 0 saturated carbocycles. The fourth-order valence-corrected chi connectivity index (χ4v) is 2.26. The van der Waals surface area contributed by atoms with Gasteiger partial charge in [-0.05, 0) is 26.0 Å². The van der Waals surface area contributed by atoms with Crippen molar-refractivity contribution < 1.29 is 0 Å². The van der Waals surface area contributed by atoms with Crippen LogP contribution in [0.2, 0.25) is 0 Å². The number of rotatable bonds is 3. The van der Waals surface area contributed by atoms with Gasteiger partial charge in [-0.25, -0.2) is 0 Å². The van der Waals surface area contributed by atoms with Gasteiger partial charge in [-0.2, -0.15) is 0 Å². The van der Waals surface area contributed by atoms with Crippen molar-refractivity contribution in [2.24, 2.45) is 5.73 Å². The molecule has 98 valence electrons. The van der Waals surface area contributed by atoms with Gasteiger partial charge >= 0.3 is 0 Å². The highest BCUT2D eigenvalue weighted by molar-refractivity contribution is 5.93. The lowest BCUT2D eigenvalue weighted by Crippen LogP contribution is -2.48. The van der Waals surface area contributed by atoms with Crippen LogP contribution in [0.3, 0.4) is 0 Å². The van der Waals surface area contributed by atoms with E-state index in [1.54, 1.807) is 6.20 Å². The van der Waals surface area contributed by atoms with Gasteiger partial charge in [-0.15, -0.1) is 0 Å². The first-order valence-electron chi connectivity index (χ1n) is 6.37. The lowest BCUT2D eigenvalue weighted by Gasteiger charge is -2.38. The molecule has 5 heteroatoms. The van der Waals surface area contributed by atoms with Crippen LogP contribution in [0.1, 0.15) is 19.5 Å². The molecule has 2 heterocycles. The number of nitrogens with two attached hydrogens (primary N) is 1. The Morgan fingerprint density at radius 2 is 2.00 bits per heavy atom. The molecule has 1 fully saturated rings. The molecule has 1 aromatic heterocycles. The molecule has 1 aromatic rings. The summed E-state index contributed by atoms with van der Waals surface area (Å²) in [7, 11) is 0. The quantitative estimate of drug-likeness (QED) is 0.615. The van der Waals surface area contributed by atoms with E-state index in [2.05, 4.69) is 28.6 Å². The molecule has 0 spiro atoms. The second-order valence-corrected chi connectivity index (χ2v) is 4.93. The Balaban J connectivity index is 2.05. The summed E-state index contributed by atoms with van der Waals surface area (Å²) >= 11 is 0. The normalized spacial score (nSPS) is 17.2. The monoisotopic (exact) mass is 247 g/mol. The van der Waals surface area contributed by atoms with Gasteiger partial charge in [0.05, 0.1) is 0 Å². The third-order valence-electron chi connectivity index (χ3n) is 3.43. The van der Waals surface area contributed by atoms with Gasteiger partial charge in [0.1, 0.15) is 11.5 Å². The number of piperazine rings is 1. The topological polar surface area (TPSA) is 69.2 Å². The molecule has 1 aliphatic heterocycles. The van der Waals surface area contributed by atoms with Crippen molar-refractivity contribution in [3.63, 3.8) is 0 Å². The van der Waals surface area contributed by atoms with Gasteiger partial charge in [0.15, 0.2) is 0 Å². The molecule has 18 heavy (non-hydrogen) atoms. The van der Waals surface area contributed by atoms with Crippen molar-refractivity contribution >= 4 is 11.5 Å². The number of hydrogen-bond acceptors (Lipinski definition) is 4. The molecule has 0 atom stereocenters. The Kier molecular flexibility index (Phi) is 3.81. The molecule has 3 N–H and O–H groups in total. The first kappa shape index (κ1) is 12.8. The predicted molar refractivity (Wildman–Crippen MR) is 74.2 cm³/mol. The van der Waals surface area contributed by atoms with E-state index in [1.165, 1.54) is 0 Å².